The highest BCUT2D eigenvalue weighted by Crippen LogP contribution is 2.32. The van der Waals surface area contributed by atoms with E-state index in [4.69, 9.17) is 14.2 Å². The normalized spacial score (nSPS) is 12.0. The molecule has 0 aliphatic carbocycles. The summed E-state index contributed by atoms with van der Waals surface area (Å²) in [4.78, 5) is 11.9. The molecule has 2 N–H and O–H groups in total. The first-order valence-corrected chi connectivity index (χ1v) is 8.14. The molecule has 0 fully saturated rings. The van der Waals surface area contributed by atoms with E-state index >= 15 is 0 Å². The first-order chi connectivity index (χ1) is 12.0. The summed E-state index contributed by atoms with van der Waals surface area (Å²) < 4.78 is 16.3. The maximum atomic E-state index is 11.9. The van der Waals surface area contributed by atoms with E-state index in [9.17, 15) is 4.79 Å². The minimum atomic E-state index is -0.291. The van der Waals surface area contributed by atoms with Crippen molar-refractivity contribution in [2.24, 2.45) is 0 Å². The Morgan fingerprint density at radius 2 is 1.80 bits per heavy atom. The molecule has 6 nitrogen and oxygen atoms in total. The van der Waals surface area contributed by atoms with Crippen molar-refractivity contribution in [3.63, 3.8) is 0 Å². The van der Waals surface area contributed by atoms with Crippen molar-refractivity contribution >= 4 is 6.03 Å². The van der Waals surface area contributed by atoms with E-state index in [1.54, 1.807) is 0 Å². The van der Waals surface area contributed by atoms with Gasteiger partial charge in [0.15, 0.2) is 18.2 Å². The number of nitrogens with one attached hydrogen (secondary N) is 2. The zero-order valence-corrected chi connectivity index (χ0v) is 14.6. The Kier molecular flexibility index (Phi) is 4.97. The molecule has 1 aliphatic heterocycles. The molecule has 1 heterocycles. The summed E-state index contributed by atoms with van der Waals surface area (Å²) >= 11 is 0. The van der Waals surface area contributed by atoms with Crippen molar-refractivity contribution in [3.8, 4) is 17.2 Å². The number of urea groups is 1. The molecular formula is C19H22N2O4. The smallest absolute Gasteiger partial charge is 0.317 e. The third-order valence-electron chi connectivity index (χ3n) is 4.21. The van der Waals surface area contributed by atoms with Crippen LogP contribution in [0.15, 0.2) is 30.3 Å². The van der Waals surface area contributed by atoms with Crippen molar-refractivity contribution in [1.82, 2.24) is 10.6 Å². The van der Waals surface area contributed by atoms with Gasteiger partial charge in [-0.3, -0.25) is 0 Å². The standard InChI is InChI=1S/C19H22N2O4/c1-12-4-5-13(2)18(14(12)3)23-10-21-19(22)20-9-15-6-7-16-17(8-15)25-11-24-16/h4-8H,9-11H2,1-3H3,(H2,20,21,22). The number of ether oxygens (including phenoxy) is 3. The molecule has 6 heteroatoms. The zero-order chi connectivity index (χ0) is 17.8. The molecular weight excluding hydrogens is 320 g/mol. The Morgan fingerprint density at radius 3 is 2.64 bits per heavy atom. The van der Waals surface area contributed by atoms with E-state index in [0.29, 0.717) is 12.3 Å². The Balaban J connectivity index is 1.47. The molecule has 0 unspecified atom stereocenters. The first-order valence-electron chi connectivity index (χ1n) is 8.14. The quantitative estimate of drug-likeness (QED) is 0.819. The number of amides is 2. The van der Waals surface area contributed by atoms with Gasteiger partial charge in [-0.05, 0) is 55.2 Å². The lowest BCUT2D eigenvalue weighted by molar-refractivity contribution is 0.174. The second-order valence-corrected chi connectivity index (χ2v) is 5.99. The molecule has 25 heavy (non-hydrogen) atoms. The summed E-state index contributed by atoms with van der Waals surface area (Å²) in [6.45, 7) is 6.77. The summed E-state index contributed by atoms with van der Waals surface area (Å²) in [5.41, 5.74) is 4.23. The van der Waals surface area contributed by atoms with Gasteiger partial charge in [0.25, 0.3) is 0 Å². The minimum Gasteiger partial charge on any atom is -0.473 e. The number of carbonyl (C=O) groups is 1. The van der Waals surface area contributed by atoms with Gasteiger partial charge < -0.3 is 24.8 Å². The van der Waals surface area contributed by atoms with Gasteiger partial charge in [0.1, 0.15) is 5.75 Å². The van der Waals surface area contributed by atoms with Crippen molar-refractivity contribution in [2.45, 2.75) is 27.3 Å². The molecule has 0 atom stereocenters. The number of rotatable bonds is 5. The lowest BCUT2D eigenvalue weighted by atomic mass is 10.1. The van der Waals surface area contributed by atoms with E-state index in [1.165, 1.54) is 0 Å². The fraction of sp³-hybridized carbons (Fsp3) is 0.316. The summed E-state index contributed by atoms with van der Waals surface area (Å²) in [5, 5.41) is 5.49. The van der Waals surface area contributed by atoms with Crippen molar-refractivity contribution in [2.75, 3.05) is 13.5 Å². The molecule has 0 aromatic heterocycles. The fourth-order valence-corrected chi connectivity index (χ4v) is 2.62. The average Bonchev–Trinajstić information content (AvgIpc) is 3.07. The highest BCUT2D eigenvalue weighted by molar-refractivity contribution is 5.73. The molecule has 2 aromatic carbocycles. The van der Waals surface area contributed by atoms with Crippen LogP contribution in [0.1, 0.15) is 22.3 Å². The molecule has 2 aromatic rings. The highest BCUT2D eigenvalue weighted by atomic mass is 16.7. The summed E-state index contributed by atoms with van der Waals surface area (Å²) in [6, 6.07) is 9.37. The number of hydrogen-bond acceptors (Lipinski definition) is 4. The van der Waals surface area contributed by atoms with Gasteiger partial charge in [-0.2, -0.15) is 0 Å². The van der Waals surface area contributed by atoms with E-state index < -0.39 is 0 Å². The summed E-state index contributed by atoms with van der Waals surface area (Å²) in [7, 11) is 0. The van der Waals surface area contributed by atoms with Crippen molar-refractivity contribution < 1.29 is 19.0 Å². The van der Waals surface area contributed by atoms with Crippen LogP contribution in [0.4, 0.5) is 4.79 Å². The Bertz CT molecular complexity index is 789. The molecule has 0 spiro atoms. The minimum absolute atomic E-state index is 0.109. The van der Waals surface area contributed by atoms with Gasteiger partial charge in [0.05, 0.1) is 0 Å². The highest BCUT2D eigenvalue weighted by Gasteiger charge is 2.13. The number of aryl methyl sites for hydroxylation is 2. The van der Waals surface area contributed by atoms with Crippen LogP contribution in [0.5, 0.6) is 17.2 Å². The first kappa shape index (κ1) is 17.0. The predicted molar refractivity (Wildman–Crippen MR) is 94.1 cm³/mol. The number of benzene rings is 2. The van der Waals surface area contributed by atoms with Crippen LogP contribution in [-0.2, 0) is 6.54 Å². The van der Waals surface area contributed by atoms with Crippen LogP contribution in [-0.4, -0.2) is 19.6 Å². The number of fused-ring (bicyclic) bond motifs is 1. The monoisotopic (exact) mass is 342 g/mol. The molecule has 0 saturated carbocycles. The lowest BCUT2D eigenvalue weighted by Gasteiger charge is -2.14. The van der Waals surface area contributed by atoms with E-state index in [2.05, 4.69) is 16.7 Å². The topological polar surface area (TPSA) is 68.8 Å². The van der Waals surface area contributed by atoms with Crippen LogP contribution in [0.25, 0.3) is 0 Å². The molecule has 132 valence electrons. The van der Waals surface area contributed by atoms with Crippen LogP contribution in [0, 0.1) is 20.8 Å². The van der Waals surface area contributed by atoms with Gasteiger partial charge >= 0.3 is 6.03 Å². The second kappa shape index (κ2) is 7.34. The van der Waals surface area contributed by atoms with Crippen LogP contribution in [0.3, 0.4) is 0 Å². The Labute approximate surface area is 147 Å². The van der Waals surface area contributed by atoms with Crippen LogP contribution in [0.2, 0.25) is 0 Å². The summed E-state index contributed by atoms with van der Waals surface area (Å²) in [6.07, 6.45) is 0. The van der Waals surface area contributed by atoms with E-state index in [-0.39, 0.29) is 19.6 Å². The predicted octanol–water partition coefficient (Wildman–Crippen LogP) is 3.18. The second-order valence-electron chi connectivity index (χ2n) is 5.99. The van der Waals surface area contributed by atoms with E-state index in [1.807, 2.05) is 45.0 Å². The fourth-order valence-electron chi connectivity index (χ4n) is 2.62. The van der Waals surface area contributed by atoms with E-state index in [0.717, 1.165) is 33.8 Å². The van der Waals surface area contributed by atoms with Gasteiger partial charge in [-0.15, -0.1) is 0 Å². The van der Waals surface area contributed by atoms with Crippen LogP contribution < -0.4 is 24.8 Å². The summed E-state index contributed by atoms with van der Waals surface area (Å²) in [5.74, 6) is 2.25. The molecule has 3 rings (SSSR count). The van der Waals surface area contributed by atoms with Crippen LogP contribution >= 0.6 is 0 Å². The van der Waals surface area contributed by atoms with Gasteiger partial charge in [0.2, 0.25) is 6.79 Å². The Hall–Kier alpha value is -2.89. The molecule has 0 radical (unpaired) electrons. The third-order valence-corrected chi connectivity index (χ3v) is 4.21. The number of hydrogen-bond donors (Lipinski definition) is 2. The van der Waals surface area contributed by atoms with Crippen molar-refractivity contribution in [1.29, 1.82) is 0 Å². The van der Waals surface area contributed by atoms with Crippen molar-refractivity contribution in [3.05, 3.63) is 52.6 Å². The average molecular weight is 342 g/mol. The molecule has 1 aliphatic rings. The largest absolute Gasteiger partial charge is 0.473 e. The maximum Gasteiger partial charge on any atom is 0.317 e. The zero-order valence-electron chi connectivity index (χ0n) is 14.6. The maximum absolute atomic E-state index is 11.9. The Morgan fingerprint density at radius 1 is 1.04 bits per heavy atom. The molecule has 0 saturated heterocycles. The third kappa shape index (κ3) is 3.96. The van der Waals surface area contributed by atoms with Gasteiger partial charge in [-0.25, -0.2) is 4.79 Å². The SMILES string of the molecule is Cc1ccc(C)c(OCNC(=O)NCc2ccc3c(c2)OCO3)c1C. The molecule has 0 bridgehead atoms. The lowest BCUT2D eigenvalue weighted by Crippen LogP contribution is -2.37. The molecule has 2 amide bonds. The number of carbonyl (C=O) groups excluding carboxylic acids is 1. The van der Waals surface area contributed by atoms with Gasteiger partial charge in [0, 0.05) is 6.54 Å². The van der Waals surface area contributed by atoms with Gasteiger partial charge in [-0.1, -0.05) is 18.2 Å².